The van der Waals surface area contributed by atoms with E-state index in [0.717, 1.165) is 4.57 Å². The lowest BCUT2D eigenvalue weighted by molar-refractivity contribution is -0.180. The van der Waals surface area contributed by atoms with Crippen molar-refractivity contribution in [2.24, 2.45) is 11.1 Å². The Balaban J connectivity index is 1.77. The molecule has 10 heteroatoms. The van der Waals surface area contributed by atoms with Gasteiger partial charge in [0, 0.05) is 31.5 Å². The highest BCUT2D eigenvalue weighted by molar-refractivity contribution is 5.89. The fraction of sp³-hybridized carbons (Fsp3) is 0.800. The minimum Gasteiger partial charge on any atom is -0.378 e. The lowest BCUT2D eigenvalue weighted by Gasteiger charge is -2.58. The molecule has 25 heavy (non-hydrogen) atoms. The molecule has 1 saturated carbocycles. The van der Waals surface area contributed by atoms with E-state index in [2.05, 4.69) is 10.2 Å². The standard InChI is InChI=1S/C15H22F3N5O2/c1-4-25-9-7-14(19,13(9,2)3)12(24)22-5-6-23-10(8-22)20-21-11(23)15(16,17)18/h9H,4-8,19H2,1-3H3. The molecular weight excluding hydrogens is 339 g/mol. The fourth-order valence-corrected chi connectivity index (χ4v) is 3.62. The highest BCUT2D eigenvalue weighted by Gasteiger charge is 2.64. The Kier molecular flexibility index (Phi) is 4.11. The van der Waals surface area contributed by atoms with Crippen molar-refractivity contribution in [2.45, 2.75) is 58.1 Å². The predicted octanol–water partition coefficient (Wildman–Crippen LogP) is 1.17. The Morgan fingerprint density at radius 3 is 2.60 bits per heavy atom. The summed E-state index contributed by atoms with van der Waals surface area (Å²) in [6.45, 7) is 6.27. The molecule has 3 rings (SSSR count). The highest BCUT2D eigenvalue weighted by Crippen LogP contribution is 2.50. The van der Waals surface area contributed by atoms with Crippen LogP contribution in [0.5, 0.6) is 0 Å². The molecule has 2 aliphatic rings. The first-order valence-corrected chi connectivity index (χ1v) is 8.21. The number of rotatable bonds is 3. The van der Waals surface area contributed by atoms with Gasteiger partial charge in [-0.05, 0) is 6.92 Å². The van der Waals surface area contributed by atoms with Crippen LogP contribution in [0.3, 0.4) is 0 Å². The lowest BCUT2D eigenvalue weighted by atomic mass is 9.54. The van der Waals surface area contributed by atoms with Crippen LogP contribution in [0.15, 0.2) is 0 Å². The van der Waals surface area contributed by atoms with Gasteiger partial charge in [-0.1, -0.05) is 13.8 Å². The molecule has 2 N–H and O–H groups in total. The Labute approximate surface area is 143 Å². The van der Waals surface area contributed by atoms with E-state index in [-0.39, 0.29) is 37.5 Å². The van der Waals surface area contributed by atoms with E-state index in [0.29, 0.717) is 13.0 Å². The number of nitrogens with zero attached hydrogens (tertiary/aromatic N) is 4. The number of halogens is 3. The summed E-state index contributed by atoms with van der Waals surface area (Å²) in [6, 6.07) is 0. The van der Waals surface area contributed by atoms with Gasteiger partial charge in [0.2, 0.25) is 11.7 Å². The molecule has 2 heterocycles. The van der Waals surface area contributed by atoms with Gasteiger partial charge in [0.25, 0.3) is 0 Å². The molecule has 0 saturated heterocycles. The monoisotopic (exact) mass is 361 g/mol. The van der Waals surface area contributed by atoms with Crippen LogP contribution in [-0.2, 0) is 28.8 Å². The third-order valence-corrected chi connectivity index (χ3v) is 5.51. The van der Waals surface area contributed by atoms with E-state index in [1.807, 2.05) is 20.8 Å². The van der Waals surface area contributed by atoms with Crippen LogP contribution in [0.25, 0.3) is 0 Å². The number of alkyl halides is 3. The molecule has 1 aromatic rings. The van der Waals surface area contributed by atoms with E-state index in [4.69, 9.17) is 10.5 Å². The van der Waals surface area contributed by atoms with Gasteiger partial charge in [-0.15, -0.1) is 10.2 Å². The average Bonchev–Trinajstić information content (AvgIpc) is 2.96. The summed E-state index contributed by atoms with van der Waals surface area (Å²) < 4.78 is 45.3. The maximum absolute atomic E-state index is 12.9. The number of carbonyl (C=O) groups excluding carboxylic acids is 1. The van der Waals surface area contributed by atoms with Crippen LogP contribution >= 0.6 is 0 Å². The molecule has 2 atom stereocenters. The van der Waals surface area contributed by atoms with E-state index >= 15 is 0 Å². The minimum atomic E-state index is -4.56. The summed E-state index contributed by atoms with van der Waals surface area (Å²) in [7, 11) is 0. The maximum atomic E-state index is 12.9. The van der Waals surface area contributed by atoms with Gasteiger partial charge in [-0.3, -0.25) is 4.79 Å². The van der Waals surface area contributed by atoms with Crippen molar-refractivity contribution in [1.82, 2.24) is 19.7 Å². The first-order valence-electron chi connectivity index (χ1n) is 8.21. The molecule has 7 nitrogen and oxygen atoms in total. The van der Waals surface area contributed by atoms with E-state index in [1.54, 1.807) is 0 Å². The summed E-state index contributed by atoms with van der Waals surface area (Å²) in [5.41, 5.74) is 4.73. The summed E-state index contributed by atoms with van der Waals surface area (Å²) in [5.74, 6) is -1.19. The molecule has 1 amide bonds. The van der Waals surface area contributed by atoms with Gasteiger partial charge in [-0.2, -0.15) is 13.2 Å². The van der Waals surface area contributed by atoms with Gasteiger partial charge >= 0.3 is 6.18 Å². The second-order valence-electron chi connectivity index (χ2n) is 7.16. The molecule has 1 fully saturated rings. The smallest absolute Gasteiger partial charge is 0.378 e. The van der Waals surface area contributed by atoms with Crippen molar-refractivity contribution in [3.8, 4) is 0 Å². The zero-order valence-electron chi connectivity index (χ0n) is 14.4. The van der Waals surface area contributed by atoms with Crippen LogP contribution in [-0.4, -0.2) is 50.4 Å². The normalized spacial score (nSPS) is 28.4. The predicted molar refractivity (Wildman–Crippen MR) is 81.2 cm³/mol. The molecule has 0 spiro atoms. The molecular formula is C15H22F3N5O2. The summed E-state index contributed by atoms with van der Waals surface area (Å²) >= 11 is 0. The van der Waals surface area contributed by atoms with Crippen molar-refractivity contribution in [3.63, 3.8) is 0 Å². The fourth-order valence-electron chi connectivity index (χ4n) is 3.62. The van der Waals surface area contributed by atoms with Crippen molar-refractivity contribution in [2.75, 3.05) is 13.2 Å². The van der Waals surface area contributed by atoms with Crippen molar-refractivity contribution >= 4 is 5.91 Å². The van der Waals surface area contributed by atoms with E-state index in [9.17, 15) is 18.0 Å². The third kappa shape index (κ3) is 2.62. The summed E-state index contributed by atoms with van der Waals surface area (Å²) in [5, 5.41) is 6.82. The van der Waals surface area contributed by atoms with Gasteiger partial charge in [0.15, 0.2) is 5.82 Å². The molecule has 0 bridgehead atoms. The lowest BCUT2D eigenvalue weighted by Crippen LogP contribution is -2.76. The maximum Gasteiger partial charge on any atom is 0.451 e. The van der Waals surface area contributed by atoms with Crippen LogP contribution in [0.4, 0.5) is 13.2 Å². The van der Waals surface area contributed by atoms with Crippen molar-refractivity contribution in [1.29, 1.82) is 0 Å². The third-order valence-electron chi connectivity index (χ3n) is 5.51. The number of fused-ring (bicyclic) bond motifs is 1. The van der Waals surface area contributed by atoms with Crippen LogP contribution < -0.4 is 5.73 Å². The molecule has 2 unspecified atom stereocenters. The number of ether oxygens (including phenoxy) is 1. The topological polar surface area (TPSA) is 86.3 Å². The Hall–Kier alpha value is -1.68. The first-order chi connectivity index (χ1) is 11.5. The van der Waals surface area contributed by atoms with Gasteiger partial charge in [0.05, 0.1) is 12.6 Å². The van der Waals surface area contributed by atoms with Crippen molar-refractivity contribution < 1.29 is 22.7 Å². The minimum absolute atomic E-state index is 0.00564. The molecule has 0 aromatic carbocycles. The molecule has 1 aliphatic carbocycles. The number of carbonyl (C=O) groups is 1. The van der Waals surface area contributed by atoms with E-state index in [1.165, 1.54) is 4.90 Å². The number of hydrogen-bond acceptors (Lipinski definition) is 5. The van der Waals surface area contributed by atoms with E-state index < -0.39 is 23.0 Å². The number of hydrogen-bond donors (Lipinski definition) is 1. The number of amides is 1. The largest absolute Gasteiger partial charge is 0.451 e. The number of aromatic nitrogens is 3. The van der Waals surface area contributed by atoms with Gasteiger partial charge < -0.3 is 19.9 Å². The van der Waals surface area contributed by atoms with Crippen LogP contribution in [0.2, 0.25) is 0 Å². The SMILES string of the molecule is CCOC1CC(N)(C(=O)N2CCn3c(nnc3C(F)(F)F)C2)C1(C)C. The Bertz CT molecular complexity index is 687. The zero-order chi connectivity index (χ0) is 18.6. The van der Waals surface area contributed by atoms with Crippen molar-refractivity contribution in [3.05, 3.63) is 11.6 Å². The van der Waals surface area contributed by atoms with Gasteiger partial charge in [0.1, 0.15) is 5.54 Å². The van der Waals surface area contributed by atoms with Crippen LogP contribution in [0, 0.1) is 5.41 Å². The number of nitrogens with two attached hydrogens (primary N) is 1. The Morgan fingerprint density at radius 2 is 2.04 bits per heavy atom. The second kappa shape index (κ2) is 5.66. The molecule has 1 aliphatic heterocycles. The highest BCUT2D eigenvalue weighted by atomic mass is 19.4. The first kappa shape index (κ1) is 18.1. The molecule has 1 aromatic heterocycles. The summed E-state index contributed by atoms with van der Waals surface area (Å²) in [4.78, 5) is 14.4. The van der Waals surface area contributed by atoms with Crippen LogP contribution in [0.1, 0.15) is 38.8 Å². The Morgan fingerprint density at radius 1 is 1.36 bits per heavy atom. The quantitative estimate of drug-likeness (QED) is 0.873. The molecule has 140 valence electrons. The zero-order valence-corrected chi connectivity index (χ0v) is 14.4. The summed E-state index contributed by atoms with van der Waals surface area (Å²) in [6.07, 6.45) is -4.28. The van der Waals surface area contributed by atoms with Gasteiger partial charge in [-0.25, -0.2) is 0 Å². The second-order valence-corrected chi connectivity index (χ2v) is 7.16. The average molecular weight is 361 g/mol. The molecule has 0 radical (unpaired) electrons.